The van der Waals surface area contributed by atoms with Gasteiger partial charge in [-0.25, -0.2) is 4.79 Å². The number of aromatic carboxylic acids is 1. The Hall–Kier alpha value is -2.90. The lowest BCUT2D eigenvalue weighted by Gasteiger charge is -2.24. The van der Waals surface area contributed by atoms with Crippen molar-refractivity contribution in [2.24, 2.45) is 0 Å². The summed E-state index contributed by atoms with van der Waals surface area (Å²) < 4.78 is 42.3. The van der Waals surface area contributed by atoms with Crippen LogP contribution in [0.15, 0.2) is 36.5 Å². The molecular formula is C18H17F3N2O3. The van der Waals surface area contributed by atoms with Gasteiger partial charge in [0, 0.05) is 30.5 Å². The topological polar surface area (TPSA) is 65.6 Å². The summed E-state index contributed by atoms with van der Waals surface area (Å²) in [6, 6.07) is 9.79. The molecule has 0 unspecified atom stereocenters. The number of carboxylic acids is 1. The Kier molecular flexibility index (Phi) is 4.92. The van der Waals surface area contributed by atoms with Gasteiger partial charge in [0.15, 0.2) is 18.1 Å². The zero-order chi connectivity index (χ0) is 18.7. The van der Waals surface area contributed by atoms with Crippen LogP contribution in [0.2, 0.25) is 0 Å². The van der Waals surface area contributed by atoms with E-state index in [0.29, 0.717) is 17.8 Å². The SMILES string of the molecule is O=C(O)c1[nH]c2c(c1OCC(F)(F)F)CN(CCc1ccccc1)C=C2. The number of alkyl halides is 3. The molecule has 0 fully saturated rings. The van der Waals surface area contributed by atoms with Gasteiger partial charge in [0.05, 0.1) is 0 Å². The van der Waals surface area contributed by atoms with Crippen LogP contribution in [-0.4, -0.2) is 40.3 Å². The molecule has 26 heavy (non-hydrogen) atoms. The highest BCUT2D eigenvalue weighted by molar-refractivity contribution is 5.90. The van der Waals surface area contributed by atoms with Crippen LogP contribution in [-0.2, 0) is 13.0 Å². The molecule has 0 aliphatic carbocycles. The highest BCUT2D eigenvalue weighted by Crippen LogP contribution is 2.33. The van der Waals surface area contributed by atoms with Gasteiger partial charge in [0.1, 0.15) is 0 Å². The Morgan fingerprint density at radius 2 is 2.00 bits per heavy atom. The average molecular weight is 366 g/mol. The highest BCUT2D eigenvalue weighted by atomic mass is 19.4. The molecule has 1 aromatic carbocycles. The Morgan fingerprint density at radius 3 is 2.65 bits per heavy atom. The van der Waals surface area contributed by atoms with Crippen molar-refractivity contribution < 1.29 is 27.8 Å². The zero-order valence-corrected chi connectivity index (χ0v) is 13.7. The summed E-state index contributed by atoms with van der Waals surface area (Å²) in [6.07, 6.45) is -0.343. The first kappa shape index (κ1) is 17.9. The van der Waals surface area contributed by atoms with Crippen LogP contribution in [0.1, 0.15) is 27.3 Å². The van der Waals surface area contributed by atoms with Crippen LogP contribution >= 0.6 is 0 Å². The second kappa shape index (κ2) is 7.15. The number of aromatic amines is 1. The fraction of sp³-hybridized carbons (Fsp3) is 0.278. The summed E-state index contributed by atoms with van der Waals surface area (Å²) in [5, 5.41) is 9.23. The lowest BCUT2D eigenvalue weighted by atomic mass is 10.1. The molecule has 2 N–H and O–H groups in total. The molecule has 1 aromatic heterocycles. The molecule has 0 radical (unpaired) electrons. The largest absolute Gasteiger partial charge is 0.481 e. The van der Waals surface area contributed by atoms with E-state index >= 15 is 0 Å². The molecule has 0 saturated carbocycles. The van der Waals surface area contributed by atoms with Gasteiger partial charge in [-0.15, -0.1) is 0 Å². The van der Waals surface area contributed by atoms with E-state index in [0.717, 1.165) is 12.0 Å². The molecule has 0 atom stereocenters. The first-order chi connectivity index (χ1) is 12.3. The van der Waals surface area contributed by atoms with Crippen molar-refractivity contribution in [2.75, 3.05) is 13.2 Å². The molecule has 5 nitrogen and oxygen atoms in total. The second-order valence-electron chi connectivity index (χ2n) is 5.95. The van der Waals surface area contributed by atoms with Gasteiger partial charge in [-0.3, -0.25) is 0 Å². The number of hydrogen-bond acceptors (Lipinski definition) is 3. The van der Waals surface area contributed by atoms with Crippen molar-refractivity contribution in [3.63, 3.8) is 0 Å². The minimum Gasteiger partial charge on any atom is -0.481 e. The fourth-order valence-electron chi connectivity index (χ4n) is 2.81. The maximum absolute atomic E-state index is 12.5. The van der Waals surface area contributed by atoms with Gasteiger partial charge in [0.2, 0.25) is 0 Å². The summed E-state index contributed by atoms with van der Waals surface area (Å²) >= 11 is 0. The predicted molar refractivity (Wildman–Crippen MR) is 88.9 cm³/mol. The minimum atomic E-state index is -4.54. The number of benzene rings is 1. The van der Waals surface area contributed by atoms with Gasteiger partial charge in [-0.1, -0.05) is 30.3 Å². The van der Waals surface area contributed by atoms with Gasteiger partial charge in [-0.2, -0.15) is 13.2 Å². The lowest BCUT2D eigenvalue weighted by Crippen LogP contribution is -2.24. The second-order valence-corrected chi connectivity index (χ2v) is 5.95. The van der Waals surface area contributed by atoms with E-state index in [-0.39, 0.29) is 18.0 Å². The molecule has 1 aliphatic heterocycles. The normalized spacial score (nSPS) is 13.6. The maximum atomic E-state index is 12.5. The predicted octanol–water partition coefficient (Wildman–Crippen LogP) is 3.68. The number of nitrogens with one attached hydrogen (secondary N) is 1. The van der Waals surface area contributed by atoms with Gasteiger partial charge in [0.25, 0.3) is 0 Å². The Labute approximate surface area is 147 Å². The number of rotatable bonds is 6. The maximum Gasteiger partial charge on any atom is 0.422 e. The van der Waals surface area contributed by atoms with Crippen LogP contribution in [0.25, 0.3) is 6.08 Å². The molecule has 3 rings (SSSR count). The van der Waals surface area contributed by atoms with E-state index in [1.54, 1.807) is 12.3 Å². The van der Waals surface area contributed by atoms with Gasteiger partial charge in [-0.05, 0) is 18.1 Å². The quantitative estimate of drug-likeness (QED) is 0.819. The number of ether oxygens (including phenoxy) is 1. The van der Waals surface area contributed by atoms with Crippen molar-refractivity contribution in [3.8, 4) is 5.75 Å². The number of aromatic nitrogens is 1. The average Bonchev–Trinajstić information content (AvgIpc) is 2.96. The number of fused-ring (bicyclic) bond motifs is 1. The van der Waals surface area contributed by atoms with Crippen LogP contribution in [0.4, 0.5) is 13.2 Å². The zero-order valence-electron chi connectivity index (χ0n) is 13.7. The van der Waals surface area contributed by atoms with E-state index in [1.807, 2.05) is 35.2 Å². The third kappa shape index (κ3) is 4.19. The van der Waals surface area contributed by atoms with Gasteiger partial charge >= 0.3 is 12.1 Å². The third-order valence-corrected chi connectivity index (χ3v) is 4.02. The van der Waals surface area contributed by atoms with Crippen LogP contribution < -0.4 is 4.74 Å². The molecule has 0 bridgehead atoms. The monoisotopic (exact) mass is 366 g/mol. The summed E-state index contributed by atoms with van der Waals surface area (Å²) in [6.45, 7) is -0.618. The number of nitrogens with zero attached hydrogens (tertiary/aromatic N) is 1. The van der Waals surface area contributed by atoms with Crippen molar-refractivity contribution in [2.45, 2.75) is 19.1 Å². The summed E-state index contributed by atoms with van der Waals surface area (Å²) in [5.41, 5.74) is 1.65. The molecule has 1 aliphatic rings. The number of carbonyl (C=O) groups is 1. The molecule has 2 aromatic rings. The molecule has 0 spiro atoms. The Balaban J connectivity index is 1.76. The van der Waals surface area contributed by atoms with Crippen LogP contribution in [0.5, 0.6) is 5.75 Å². The van der Waals surface area contributed by atoms with Crippen molar-refractivity contribution in [3.05, 3.63) is 59.0 Å². The van der Waals surface area contributed by atoms with Crippen molar-refractivity contribution >= 4 is 12.0 Å². The molecule has 0 amide bonds. The highest BCUT2D eigenvalue weighted by Gasteiger charge is 2.32. The number of hydrogen-bond donors (Lipinski definition) is 2. The minimum absolute atomic E-state index is 0.251. The van der Waals surface area contributed by atoms with E-state index in [9.17, 15) is 23.1 Å². The smallest absolute Gasteiger partial charge is 0.422 e. The van der Waals surface area contributed by atoms with Crippen LogP contribution in [0.3, 0.4) is 0 Å². The van der Waals surface area contributed by atoms with Crippen molar-refractivity contribution in [1.82, 2.24) is 9.88 Å². The summed E-state index contributed by atoms with van der Waals surface area (Å²) in [7, 11) is 0. The van der Waals surface area contributed by atoms with Crippen molar-refractivity contribution in [1.29, 1.82) is 0 Å². The third-order valence-electron chi connectivity index (χ3n) is 4.02. The van der Waals surface area contributed by atoms with Crippen LogP contribution in [0, 0.1) is 0 Å². The van der Waals surface area contributed by atoms with E-state index < -0.39 is 18.8 Å². The molecule has 0 saturated heterocycles. The lowest BCUT2D eigenvalue weighted by molar-refractivity contribution is -0.153. The van der Waals surface area contributed by atoms with E-state index in [4.69, 9.17) is 4.74 Å². The van der Waals surface area contributed by atoms with Gasteiger partial charge < -0.3 is 19.7 Å². The fourth-order valence-corrected chi connectivity index (χ4v) is 2.81. The molecule has 138 valence electrons. The van der Waals surface area contributed by atoms with E-state index in [2.05, 4.69) is 4.98 Å². The first-order valence-corrected chi connectivity index (χ1v) is 7.97. The molecule has 2 heterocycles. The molecular weight excluding hydrogens is 349 g/mol. The number of H-pyrrole nitrogens is 1. The Bertz CT molecular complexity index is 813. The molecule has 8 heteroatoms. The summed E-state index contributed by atoms with van der Waals surface area (Å²) in [4.78, 5) is 15.9. The first-order valence-electron chi connectivity index (χ1n) is 7.97. The number of carboxylic acid groups (broad SMARTS) is 1. The number of halogens is 3. The Morgan fingerprint density at radius 1 is 1.27 bits per heavy atom. The summed E-state index contributed by atoms with van der Waals surface area (Å²) in [5.74, 6) is -1.61. The van der Waals surface area contributed by atoms with E-state index in [1.165, 1.54) is 0 Å². The standard InChI is InChI=1S/C18H17F3N2O3/c19-18(20,21)11-26-16-13-10-23(8-6-12-4-2-1-3-5-12)9-7-14(13)22-15(16)17(24)25/h1-5,7,9,22H,6,8,10-11H2,(H,24,25).